The molecule has 1 aliphatic heterocycles. The molecule has 0 unspecified atom stereocenters. The van der Waals surface area contributed by atoms with Crippen molar-refractivity contribution in [3.8, 4) is 0 Å². The van der Waals surface area contributed by atoms with Crippen LogP contribution in [0.5, 0.6) is 0 Å². The lowest BCUT2D eigenvalue weighted by atomic mass is 9.96. The summed E-state index contributed by atoms with van der Waals surface area (Å²) in [6, 6.07) is 3.79. The van der Waals surface area contributed by atoms with E-state index in [2.05, 4.69) is 10.3 Å². The molecule has 0 aromatic carbocycles. The molecule has 2 fully saturated rings. The van der Waals surface area contributed by atoms with E-state index in [0.29, 0.717) is 11.7 Å². The van der Waals surface area contributed by atoms with Crippen LogP contribution >= 0.6 is 11.3 Å². The van der Waals surface area contributed by atoms with Crippen LogP contribution in [0.15, 0.2) is 34.4 Å². The van der Waals surface area contributed by atoms with Gasteiger partial charge in [-0.25, -0.2) is 4.98 Å². The maximum absolute atomic E-state index is 12.7. The second kappa shape index (κ2) is 6.39. The van der Waals surface area contributed by atoms with Gasteiger partial charge in [0.05, 0.1) is 12.2 Å². The van der Waals surface area contributed by atoms with Crippen LogP contribution in [0.3, 0.4) is 0 Å². The summed E-state index contributed by atoms with van der Waals surface area (Å²) in [4.78, 5) is 31.0. The van der Waals surface area contributed by atoms with Crippen molar-refractivity contribution < 1.29 is 14.0 Å². The lowest BCUT2D eigenvalue weighted by molar-refractivity contribution is -0.136. The van der Waals surface area contributed by atoms with E-state index in [1.54, 1.807) is 12.5 Å². The first kappa shape index (κ1) is 15.4. The van der Waals surface area contributed by atoms with Crippen molar-refractivity contribution in [3.63, 3.8) is 0 Å². The van der Waals surface area contributed by atoms with E-state index in [4.69, 9.17) is 4.42 Å². The van der Waals surface area contributed by atoms with E-state index in [1.165, 1.54) is 11.3 Å². The van der Waals surface area contributed by atoms with Crippen LogP contribution in [-0.4, -0.2) is 34.8 Å². The zero-order chi connectivity index (χ0) is 16.5. The molecule has 3 heterocycles. The quantitative estimate of drug-likeness (QED) is 0.924. The SMILES string of the molecule is O=C(Nc1nccs1)[C@@H]1CCCN(C(=O)[C@H]2C[C@@H]2c2ccco2)C1. The largest absolute Gasteiger partial charge is 0.469 e. The number of nitrogens with one attached hydrogen (secondary N) is 1. The minimum Gasteiger partial charge on any atom is -0.469 e. The first-order chi connectivity index (χ1) is 11.7. The number of furan rings is 1. The normalized spacial score (nSPS) is 26.2. The van der Waals surface area contributed by atoms with Crippen molar-refractivity contribution in [3.05, 3.63) is 35.7 Å². The second-order valence-corrected chi connectivity index (χ2v) is 7.31. The zero-order valence-electron chi connectivity index (χ0n) is 13.2. The molecular formula is C17H19N3O3S. The Morgan fingerprint density at radius 1 is 1.42 bits per heavy atom. The van der Waals surface area contributed by atoms with E-state index in [9.17, 15) is 9.59 Å². The van der Waals surface area contributed by atoms with Crippen molar-refractivity contribution in [2.24, 2.45) is 11.8 Å². The van der Waals surface area contributed by atoms with E-state index in [0.717, 1.165) is 31.6 Å². The standard InChI is InChI=1S/C17H19N3O3S/c21-15(19-17-18-5-8-24-17)11-3-1-6-20(10-11)16(22)13-9-12(13)14-4-2-7-23-14/h2,4-5,7-8,11-13H,1,3,6,9-10H2,(H,18,19,21)/t11-,12+,13+/m1/s1. The van der Waals surface area contributed by atoms with E-state index < -0.39 is 0 Å². The van der Waals surface area contributed by atoms with Gasteiger partial charge in [-0.15, -0.1) is 11.3 Å². The summed E-state index contributed by atoms with van der Waals surface area (Å²) in [5, 5.41) is 5.28. The molecule has 126 valence electrons. The molecule has 2 aliphatic rings. The number of rotatable bonds is 4. The molecule has 0 bridgehead atoms. The highest BCUT2D eigenvalue weighted by Crippen LogP contribution is 2.48. The van der Waals surface area contributed by atoms with Crippen LogP contribution in [0, 0.1) is 11.8 Å². The third-order valence-corrected chi connectivity index (χ3v) is 5.47. The molecule has 2 aromatic rings. The Morgan fingerprint density at radius 3 is 3.08 bits per heavy atom. The summed E-state index contributed by atoms with van der Waals surface area (Å²) < 4.78 is 5.40. The molecule has 2 amide bonds. The molecule has 1 saturated heterocycles. The Bertz CT molecular complexity index is 714. The molecule has 2 aromatic heterocycles. The Hall–Kier alpha value is -2.15. The van der Waals surface area contributed by atoms with Crippen molar-refractivity contribution >= 4 is 28.3 Å². The summed E-state index contributed by atoms with van der Waals surface area (Å²) in [7, 11) is 0. The van der Waals surface area contributed by atoms with Gasteiger partial charge < -0.3 is 14.6 Å². The molecule has 3 atom stereocenters. The van der Waals surface area contributed by atoms with Gasteiger partial charge >= 0.3 is 0 Å². The number of aromatic nitrogens is 1. The fraction of sp³-hybridized carbons (Fsp3) is 0.471. The number of hydrogen-bond donors (Lipinski definition) is 1. The first-order valence-electron chi connectivity index (χ1n) is 8.25. The number of amides is 2. The van der Waals surface area contributed by atoms with Crippen LogP contribution in [-0.2, 0) is 9.59 Å². The molecule has 7 heteroatoms. The van der Waals surface area contributed by atoms with Crippen molar-refractivity contribution in [2.75, 3.05) is 18.4 Å². The maximum atomic E-state index is 12.7. The predicted molar refractivity (Wildman–Crippen MR) is 89.6 cm³/mol. The first-order valence-corrected chi connectivity index (χ1v) is 9.13. The molecule has 6 nitrogen and oxygen atoms in total. The van der Waals surface area contributed by atoms with Crippen molar-refractivity contribution in [1.29, 1.82) is 0 Å². The third-order valence-electron chi connectivity index (χ3n) is 4.78. The van der Waals surface area contributed by atoms with Crippen LogP contribution in [0.4, 0.5) is 5.13 Å². The monoisotopic (exact) mass is 345 g/mol. The van der Waals surface area contributed by atoms with Crippen LogP contribution in [0.25, 0.3) is 0 Å². The van der Waals surface area contributed by atoms with Gasteiger partial charge in [-0.1, -0.05) is 0 Å². The van der Waals surface area contributed by atoms with Crippen LogP contribution < -0.4 is 5.32 Å². The molecule has 1 aliphatic carbocycles. The van der Waals surface area contributed by atoms with Gasteiger partial charge in [-0.3, -0.25) is 9.59 Å². The minimum atomic E-state index is -0.160. The highest BCUT2D eigenvalue weighted by molar-refractivity contribution is 7.13. The Kier molecular flexibility index (Phi) is 4.10. The van der Waals surface area contributed by atoms with Crippen molar-refractivity contribution in [2.45, 2.75) is 25.2 Å². The van der Waals surface area contributed by atoms with E-state index in [1.807, 2.05) is 22.4 Å². The van der Waals surface area contributed by atoms with Crippen LogP contribution in [0.2, 0.25) is 0 Å². The van der Waals surface area contributed by atoms with E-state index >= 15 is 0 Å². The number of anilines is 1. The van der Waals surface area contributed by atoms with Gasteiger partial charge in [0.15, 0.2) is 5.13 Å². The Labute approximate surface area is 143 Å². The third kappa shape index (κ3) is 3.08. The van der Waals surface area contributed by atoms with Crippen LogP contribution in [0.1, 0.15) is 30.9 Å². The number of likely N-dealkylation sites (tertiary alicyclic amines) is 1. The summed E-state index contributed by atoms with van der Waals surface area (Å²) >= 11 is 1.40. The number of hydrogen-bond acceptors (Lipinski definition) is 5. The fourth-order valence-corrected chi connectivity index (χ4v) is 3.93. The predicted octanol–water partition coefficient (Wildman–Crippen LogP) is 2.72. The number of thiazole rings is 1. The molecule has 1 N–H and O–H groups in total. The summed E-state index contributed by atoms with van der Waals surface area (Å²) in [5.41, 5.74) is 0. The average molecular weight is 345 g/mol. The van der Waals surface area contributed by atoms with Crippen molar-refractivity contribution in [1.82, 2.24) is 9.88 Å². The molecule has 1 saturated carbocycles. The number of carbonyl (C=O) groups excluding carboxylic acids is 2. The fourth-order valence-electron chi connectivity index (χ4n) is 3.40. The Balaban J connectivity index is 1.35. The molecule has 0 radical (unpaired) electrons. The summed E-state index contributed by atoms with van der Waals surface area (Å²) in [5.74, 6) is 1.06. The molecule has 24 heavy (non-hydrogen) atoms. The van der Waals surface area contributed by atoms with Gasteiger partial charge in [0, 0.05) is 36.5 Å². The van der Waals surface area contributed by atoms with Gasteiger partial charge in [-0.05, 0) is 31.4 Å². The van der Waals surface area contributed by atoms with Gasteiger partial charge in [0.2, 0.25) is 11.8 Å². The highest BCUT2D eigenvalue weighted by Gasteiger charge is 2.48. The lowest BCUT2D eigenvalue weighted by Crippen LogP contribution is -2.44. The highest BCUT2D eigenvalue weighted by atomic mass is 32.1. The van der Waals surface area contributed by atoms with Gasteiger partial charge in [0.1, 0.15) is 5.76 Å². The Morgan fingerprint density at radius 2 is 2.33 bits per heavy atom. The average Bonchev–Trinajstić information content (AvgIpc) is 3.01. The van der Waals surface area contributed by atoms with Gasteiger partial charge in [-0.2, -0.15) is 0 Å². The van der Waals surface area contributed by atoms with Gasteiger partial charge in [0.25, 0.3) is 0 Å². The zero-order valence-corrected chi connectivity index (χ0v) is 14.0. The number of carbonyl (C=O) groups is 2. The molecular weight excluding hydrogens is 326 g/mol. The summed E-state index contributed by atoms with van der Waals surface area (Å²) in [6.07, 6.45) is 5.83. The minimum absolute atomic E-state index is 0.0110. The summed E-state index contributed by atoms with van der Waals surface area (Å²) in [6.45, 7) is 1.23. The topological polar surface area (TPSA) is 75.4 Å². The van der Waals surface area contributed by atoms with E-state index in [-0.39, 0.29) is 29.6 Å². The molecule has 0 spiro atoms. The molecule has 4 rings (SSSR count). The lowest BCUT2D eigenvalue weighted by Gasteiger charge is -2.32. The number of piperidine rings is 1. The maximum Gasteiger partial charge on any atom is 0.231 e. The second-order valence-electron chi connectivity index (χ2n) is 6.41. The smallest absolute Gasteiger partial charge is 0.231 e. The number of nitrogens with zero attached hydrogens (tertiary/aromatic N) is 2.